The Morgan fingerprint density at radius 2 is 1.50 bits per heavy atom. The number of benzene rings is 2. The molecule has 1 saturated heterocycles. The largest absolute Gasteiger partial charge is 0.364 e. The lowest BCUT2D eigenvalue weighted by Crippen LogP contribution is -2.36. The van der Waals surface area contributed by atoms with Crippen LogP contribution in [0.5, 0.6) is 0 Å². The average Bonchev–Trinajstić information content (AvgIpc) is 2.55. The maximum Gasteiger partial charge on any atom is 0.108 e. The predicted octanol–water partition coefficient (Wildman–Crippen LogP) is 3.54. The van der Waals surface area contributed by atoms with Crippen molar-refractivity contribution < 1.29 is 4.74 Å². The third-order valence-corrected chi connectivity index (χ3v) is 3.78. The molecule has 0 amide bonds. The molecule has 0 unspecified atom stereocenters. The SMILES string of the molecule is c1ccc(C(O[C@H]2CCCNC2)c2ccccc2)cc1. The summed E-state index contributed by atoms with van der Waals surface area (Å²) < 4.78 is 6.40. The Kier molecular flexibility index (Phi) is 4.46. The zero-order valence-corrected chi connectivity index (χ0v) is 11.7. The van der Waals surface area contributed by atoms with Gasteiger partial charge in [0.2, 0.25) is 0 Å². The van der Waals surface area contributed by atoms with Crippen molar-refractivity contribution in [3.63, 3.8) is 0 Å². The van der Waals surface area contributed by atoms with E-state index < -0.39 is 0 Å². The zero-order valence-electron chi connectivity index (χ0n) is 11.7. The van der Waals surface area contributed by atoms with Crippen LogP contribution in [0.3, 0.4) is 0 Å². The fraction of sp³-hybridized carbons (Fsp3) is 0.333. The topological polar surface area (TPSA) is 21.3 Å². The number of piperidine rings is 1. The minimum Gasteiger partial charge on any atom is -0.364 e. The number of nitrogens with one attached hydrogen (secondary N) is 1. The van der Waals surface area contributed by atoms with Crippen LogP contribution < -0.4 is 5.32 Å². The first kappa shape index (κ1) is 13.3. The summed E-state index contributed by atoms with van der Waals surface area (Å²) in [6.45, 7) is 2.07. The van der Waals surface area contributed by atoms with E-state index in [1.54, 1.807) is 0 Å². The molecule has 20 heavy (non-hydrogen) atoms. The summed E-state index contributed by atoms with van der Waals surface area (Å²) in [5.74, 6) is 0. The highest BCUT2D eigenvalue weighted by atomic mass is 16.5. The molecule has 1 atom stereocenters. The highest BCUT2D eigenvalue weighted by Gasteiger charge is 2.21. The van der Waals surface area contributed by atoms with E-state index in [0.29, 0.717) is 6.10 Å². The van der Waals surface area contributed by atoms with Crippen molar-refractivity contribution in [2.24, 2.45) is 0 Å². The lowest BCUT2D eigenvalue weighted by atomic mass is 10.0. The fourth-order valence-corrected chi connectivity index (χ4v) is 2.73. The summed E-state index contributed by atoms with van der Waals surface area (Å²) in [5.41, 5.74) is 2.45. The fourth-order valence-electron chi connectivity index (χ4n) is 2.73. The third kappa shape index (κ3) is 3.27. The van der Waals surface area contributed by atoms with Gasteiger partial charge in [-0.25, -0.2) is 0 Å². The molecule has 0 bridgehead atoms. The van der Waals surface area contributed by atoms with E-state index in [9.17, 15) is 0 Å². The van der Waals surface area contributed by atoms with Crippen LogP contribution in [0.25, 0.3) is 0 Å². The average molecular weight is 267 g/mol. The molecule has 0 aliphatic carbocycles. The molecule has 2 aromatic carbocycles. The first-order chi connectivity index (χ1) is 9.93. The Morgan fingerprint density at radius 3 is 2.00 bits per heavy atom. The highest BCUT2D eigenvalue weighted by Crippen LogP contribution is 2.28. The normalized spacial score (nSPS) is 19.1. The molecule has 0 saturated carbocycles. The van der Waals surface area contributed by atoms with Crippen LogP contribution in [-0.4, -0.2) is 19.2 Å². The van der Waals surface area contributed by atoms with Crippen LogP contribution in [0.4, 0.5) is 0 Å². The van der Waals surface area contributed by atoms with Gasteiger partial charge in [-0.2, -0.15) is 0 Å². The van der Waals surface area contributed by atoms with Gasteiger partial charge in [0.05, 0.1) is 6.10 Å². The van der Waals surface area contributed by atoms with Gasteiger partial charge < -0.3 is 10.1 Å². The number of rotatable bonds is 4. The van der Waals surface area contributed by atoms with Crippen LogP contribution in [0.2, 0.25) is 0 Å². The van der Waals surface area contributed by atoms with E-state index >= 15 is 0 Å². The molecular formula is C18H21NO. The van der Waals surface area contributed by atoms with Crippen LogP contribution in [0.1, 0.15) is 30.1 Å². The second kappa shape index (κ2) is 6.69. The molecule has 0 spiro atoms. The van der Waals surface area contributed by atoms with Crippen molar-refractivity contribution in [2.45, 2.75) is 25.0 Å². The number of ether oxygens (including phenoxy) is 1. The zero-order chi connectivity index (χ0) is 13.6. The molecule has 2 aromatic rings. The minimum atomic E-state index is 0.0299. The minimum absolute atomic E-state index is 0.0299. The number of hydrogen-bond acceptors (Lipinski definition) is 2. The maximum absolute atomic E-state index is 6.40. The molecular weight excluding hydrogens is 246 g/mol. The second-order valence-electron chi connectivity index (χ2n) is 5.31. The highest BCUT2D eigenvalue weighted by molar-refractivity contribution is 5.30. The van der Waals surface area contributed by atoms with Gasteiger partial charge in [0.25, 0.3) is 0 Å². The van der Waals surface area contributed by atoms with Gasteiger partial charge in [0.15, 0.2) is 0 Å². The number of hydrogen-bond donors (Lipinski definition) is 1. The summed E-state index contributed by atoms with van der Waals surface area (Å²) in [4.78, 5) is 0. The van der Waals surface area contributed by atoms with Gasteiger partial charge in [0.1, 0.15) is 6.10 Å². The monoisotopic (exact) mass is 267 g/mol. The standard InChI is InChI=1S/C18H21NO/c1-3-8-15(9-4-1)18(16-10-5-2-6-11-16)20-17-12-7-13-19-14-17/h1-6,8-11,17-19H,7,12-14H2/t17-/m0/s1. The van der Waals surface area contributed by atoms with Crippen LogP contribution >= 0.6 is 0 Å². The molecule has 3 rings (SSSR count). The van der Waals surface area contributed by atoms with Crippen molar-refractivity contribution in [1.29, 1.82) is 0 Å². The smallest absolute Gasteiger partial charge is 0.108 e. The van der Waals surface area contributed by atoms with E-state index in [-0.39, 0.29) is 6.10 Å². The van der Waals surface area contributed by atoms with Gasteiger partial charge in [-0.15, -0.1) is 0 Å². The molecule has 2 nitrogen and oxygen atoms in total. The summed E-state index contributed by atoms with van der Waals surface area (Å²) in [5, 5.41) is 3.42. The summed E-state index contributed by atoms with van der Waals surface area (Å²) in [6.07, 6.45) is 2.67. The van der Waals surface area contributed by atoms with Crippen molar-refractivity contribution in [3.05, 3.63) is 71.8 Å². The first-order valence-electron chi connectivity index (χ1n) is 7.39. The van der Waals surface area contributed by atoms with E-state index in [2.05, 4.69) is 53.8 Å². The molecule has 1 aliphatic heterocycles. The van der Waals surface area contributed by atoms with E-state index in [1.165, 1.54) is 17.5 Å². The summed E-state index contributed by atoms with van der Waals surface area (Å²) >= 11 is 0. The lowest BCUT2D eigenvalue weighted by Gasteiger charge is -2.28. The molecule has 1 heterocycles. The summed E-state index contributed by atoms with van der Waals surface area (Å²) in [7, 11) is 0. The van der Waals surface area contributed by atoms with Gasteiger partial charge in [-0.05, 0) is 30.5 Å². The molecule has 1 N–H and O–H groups in total. The lowest BCUT2D eigenvalue weighted by molar-refractivity contribution is -0.00427. The third-order valence-electron chi connectivity index (χ3n) is 3.78. The van der Waals surface area contributed by atoms with E-state index in [0.717, 1.165) is 19.5 Å². The van der Waals surface area contributed by atoms with Gasteiger partial charge in [-0.3, -0.25) is 0 Å². The Balaban J connectivity index is 1.83. The second-order valence-corrected chi connectivity index (χ2v) is 5.31. The van der Waals surface area contributed by atoms with Crippen LogP contribution in [-0.2, 0) is 4.74 Å². The molecule has 0 radical (unpaired) electrons. The molecule has 0 aromatic heterocycles. The van der Waals surface area contributed by atoms with E-state index in [4.69, 9.17) is 4.74 Å². The van der Waals surface area contributed by atoms with Gasteiger partial charge in [-0.1, -0.05) is 60.7 Å². The Morgan fingerprint density at radius 1 is 0.900 bits per heavy atom. The molecule has 1 aliphatic rings. The maximum atomic E-state index is 6.40. The first-order valence-corrected chi connectivity index (χ1v) is 7.39. The Hall–Kier alpha value is -1.64. The van der Waals surface area contributed by atoms with Gasteiger partial charge in [0, 0.05) is 6.54 Å². The summed E-state index contributed by atoms with van der Waals surface area (Å²) in [6, 6.07) is 21.0. The Bertz CT molecular complexity index is 466. The van der Waals surface area contributed by atoms with Crippen LogP contribution in [0, 0.1) is 0 Å². The van der Waals surface area contributed by atoms with Crippen LogP contribution in [0.15, 0.2) is 60.7 Å². The van der Waals surface area contributed by atoms with E-state index in [1.807, 2.05) is 12.1 Å². The molecule has 2 heteroatoms. The van der Waals surface area contributed by atoms with Gasteiger partial charge >= 0.3 is 0 Å². The van der Waals surface area contributed by atoms with Crippen molar-refractivity contribution >= 4 is 0 Å². The molecule has 104 valence electrons. The molecule has 1 fully saturated rings. The van der Waals surface area contributed by atoms with Crippen molar-refractivity contribution in [3.8, 4) is 0 Å². The quantitative estimate of drug-likeness (QED) is 0.914. The Labute approximate surface area is 120 Å². The predicted molar refractivity (Wildman–Crippen MR) is 81.7 cm³/mol. The van der Waals surface area contributed by atoms with Crippen molar-refractivity contribution in [2.75, 3.05) is 13.1 Å². The van der Waals surface area contributed by atoms with Crippen molar-refractivity contribution in [1.82, 2.24) is 5.32 Å².